The Kier molecular flexibility index (Phi) is 4.16. The lowest BCUT2D eigenvalue weighted by molar-refractivity contribution is 0.394. The van der Waals surface area contributed by atoms with Crippen LogP contribution in [0.1, 0.15) is 25.5 Å². The van der Waals surface area contributed by atoms with Crippen LogP contribution in [0.15, 0.2) is 12.4 Å². The number of aromatic nitrogens is 2. The molecule has 0 radical (unpaired) electrons. The van der Waals surface area contributed by atoms with Gasteiger partial charge in [0.2, 0.25) is 5.88 Å². The molecule has 6 heteroatoms. The average molecular weight is 230 g/mol. The molecule has 5 nitrogen and oxygen atoms in total. The van der Waals surface area contributed by atoms with Gasteiger partial charge in [-0.3, -0.25) is 4.98 Å². The fourth-order valence-electron chi connectivity index (χ4n) is 1.08. The Morgan fingerprint density at radius 3 is 2.47 bits per heavy atom. The lowest BCUT2D eigenvalue weighted by Crippen LogP contribution is -2.18. The molecule has 0 aliphatic carbocycles. The number of rotatable bonds is 4. The molecule has 15 heavy (non-hydrogen) atoms. The van der Waals surface area contributed by atoms with Crippen LogP contribution in [0.3, 0.4) is 0 Å². The quantitative estimate of drug-likeness (QED) is 0.787. The first kappa shape index (κ1) is 12.1. The minimum atomic E-state index is -1.85. The molecule has 1 N–H and O–H groups in total. The van der Waals surface area contributed by atoms with Crippen molar-refractivity contribution in [1.82, 2.24) is 9.97 Å². The first-order valence-corrected chi connectivity index (χ1v) is 5.68. The molecular formula is C9H14N2O3S. The van der Waals surface area contributed by atoms with E-state index in [1.165, 1.54) is 13.3 Å². The zero-order valence-electron chi connectivity index (χ0n) is 8.88. The van der Waals surface area contributed by atoms with E-state index >= 15 is 0 Å². The van der Waals surface area contributed by atoms with Crippen LogP contribution >= 0.6 is 0 Å². The Bertz CT molecular complexity index is 342. The summed E-state index contributed by atoms with van der Waals surface area (Å²) < 4.78 is 24.7. The van der Waals surface area contributed by atoms with Gasteiger partial charge >= 0.3 is 0 Å². The van der Waals surface area contributed by atoms with Crippen LogP contribution < -0.4 is 4.74 Å². The number of nitrogens with zero attached hydrogens (tertiary/aromatic N) is 2. The van der Waals surface area contributed by atoms with Crippen molar-refractivity contribution in [1.29, 1.82) is 0 Å². The zero-order valence-corrected chi connectivity index (χ0v) is 9.69. The highest BCUT2D eigenvalue weighted by molar-refractivity contribution is 7.79. The molecule has 0 aliphatic heterocycles. The maximum absolute atomic E-state index is 10.9. The van der Waals surface area contributed by atoms with Crippen molar-refractivity contribution in [2.45, 2.75) is 25.0 Å². The third-order valence-corrected chi connectivity index (χ3v) is 3.39. The Morgan fingerprint density at radius 2 is 2.07 bits per heavy atom. The summed E-state index contributed by atoms with van der Waals surface area (Å²) in [5.74, 6) is 0.318. The van der Waals surface area contributed by atoms with Crippen LogP contribution in [0.5, 0.6) is 5.88 Å². The Morgan fingerprint density at radius 1 is 1.40 bits per heavy atom. The third-order valence-electron chi connectivity index (χ3n) is 2.35. The second-order valence-electron chi connectivity index (χ2n) is 3.25. The molecule has 1 heterocycles. The number of hydrogen-bond acceptors (Lipinski definition) is 4. The van der Waals surface area contributed by atoms with E-state index in [1.54, 1.807) is 13.1 Å². The molecule has 3 atom stereocenters. The minimum absolute atomic E-state index is 0.116. The van der Waals surface area contributed by atoms with Gasteiger partial charge in [0.1, 0.15) is 0 Å². The highest BCUT2D eigenvalue weighted by atomic mass is 32.2. The predicted octanol–water partition coefficient (Wildman–Crippen LogP) is 1.20. The minimum Gasteiger partial charge on any atom is -0.480 e. The van der Waals surface area contributed by atoms with Crippen molar-refractivity contribution < 1.29 is 13.5 Å². The predicted molar refractivity (Wildman–Crippen MR) is 57.2 cm³/mol. The topological polar surface area (TPSA) is 72.3 Å². The molecule has 1 rings (SSSR count). The zero-order chi connectivity index (χ0) is 11.4. The van der Waals surface area contributed by atoms with Crippen LogP contribution in [-0.4, -0.2) is 31.1 Å². The summed E-state index contributed by atoms with van der Waals surface area (Å²) in [4.78, 5) is 8.11. The van der Waals surface area contributed by atoms with Gasteiger partial charge in [-0.2, -0.15) is 0 Å². The van der Waals surface area contributed by atoms with Gasteiger partial charge in [-0.05, 0) is 6.92 Å². The van der Waals surface area contributed by atoms with E-state index in [2.05, 4.69) is 9.97 Å². The molecule has 84 valence electrons. The van der Waals surface area contributed by atoms with Crippen molar-refractivity contribution in [3.8, 4) is 5.88 Å². The molecule has 0 aromatic carbocycles. The first-order chi connectivity index (χ1) is 7.06. The summed E-state index contributed by atoms with van der Waals surface area (Å²) in [5.41, 5.74) is 0.686. The molecule has 1 aromatic heterocycles. The van der Waals surface area contributed by atoms with Crippen LogP contribution in [0.4, 0.5) is 0 Å². The van der Waals surface area contributed by atoms with Gasteiger partial charge in [0, 0.05) is 5.92 Å². The summed E-state index contributed by atoms with van der Waals surface area (Å²) in [7, 11) is 1.51. The van der Waals surface area contributed by atoms with Crippen molar-refractivity contribution in [2.75, 3.05) is 7.11 Å². The molecular weight excluding hydrogens is 216 g/mol. The van der Waals surface area contributed by atoms with Crippen molar-refractivity contribution in [2.24, 2.45) is 0 Å². The third kappa shape index (κ3) is 2.97. The van der Waals surface area contributed by atoms with E-state index in [0.717, 1.165) is 0 Å². The van der Waals surface area contributed by atoms with Gasteiger partial charge < -0.3 is 9.29 Å². The van der Waals surface area contributed by atoms with Gasteiger partial charge in [-0.15, -0.1) is 0 Å². The second-order valence-corrected chi connectivity index (χ2v) is 4.55. The normalized spacial score (nSPS) is 16.8. The van der Waals surface area contributed by atoms with Crippen molar-refractivity contribution in [3.05, 3.63) is 18.1 Å². The fraction of sp³-hybridized carbons (Fsp3) is 0.556. The monoisotopic (exact) mass is 230 g/mol. The Labute approximate surface area is 91.2 Å². The summed E-state index contributed by atoms with van der Waals surface area (Å²) in [6, 6.07) is 0. The van der Waals surface area contributed by atoms with E-state index in [0.29, 0.717) is 11.6 Å². The molecule has 0 saturated heterocycles. The molecule has 0 aliphatic rings. The van der Waals surface area contributed by atoms with Crippen LogP contribution in [0, 0.1) is 0 Å². The molecule has 0 fully saturated rings. The summed E-state index contributed by atoms with van der Waals surface area (Å²) in [5, 5.41) is -0.368. The average Bonchev–Trinajstić information content (AvgIpc) is 2.27. The first-order valence-electron chi connectivity index (χ1n) is 4.51. The van der Waals surface area contributed by atoms with Gasteiger partial charge in [-0.25, -0.2) is 9.19 Å². The lowest BCUT2D eigenvalue weighted by Gasteiger charge is -2.15. The Hall–Kier alpha value is -1.01. The molecule has 0 amide bonds. The number of ether oxygens (including phenoxy) is 1. The fourth-order valence-corrected chi connectivity index (χ4v) is 1.57. The second kappa shape index (κ2) is 5.18. The van der Waals surface area contributed by atoms with Crippen LogP contribution in [-0.2, 0) is 11.1 Å². The van der Waals surface area contributed by atoms with E-state index < -0.39 is 11.1 Å². The molecule has 0 saturated carbocycles. The summed E-state index contributed by atoms with van der Waals surface area (Å²) in [6.07, 6.45) is 3.06. The standard InChI is InChI=1S/C9H14N2O3S/c1-6(7(2)15(12)13)8-4-11-9(14-3)5-10-8/h4-7H,1-3H3,(H,12,13)/t6-,7-/m0/s1. The maximum Gasteiger partial charge on any atom is 0.231 e. The van der Waals surface area contributed by atoms with Gasteiger partial charge in [-0.1, -0.05) is 6.92 Å². The van der Waals surface area contributed by atoms with E-state index in [4.69, 9.17) is 9.29 Å². The highest BCUT2D eigenvalue weighted by Gasteiger charge is 2.20. The number of methoxy groups -OCH3 is 1. The largest absolute Gasteiger partial charge is 0.480 e. The van der Waals surface area contributed by atoms with E-state index in [1.807, 2.05) is 6.92 Å². The summed E-state index contributed by atoms with van der Waals surface area (Å²) >= 11 is -1.85. The highest BCUT2D eigenvalue weighted by Crippen LogP contribution is 2.20. The lowest BCUT2D eigenvalue weighted by atomic mass is 10.1. The van der Waals surface area contributed by atoms with Gasteiger partial charge in [0.15, 0.2) is 11.1 Å². The van der Waals surface area contributed by atoms with Crippen LogP contribution in [0.25, 0.3) is 0 Å². The molecule has 1 aromatic rings. The van der Waals surface area contributed by atoms with Gasteiger partial charge in [0.25, 0.3) is 0 Å². The Balaban J connectivity index is 2.82. The summed E-state index contributed by atoms with van der Waals surface area (Å²) in [6.45, 7) is 3.54. The smallest absolute Gasteiger partial charge is 0.231 e. The van der Waals surface area contributed by atoms with Crippen molar-refractivity contribution in [3.63, 3.8) is 0 Å². The molecule has 0 bridgehead atoms. The maximum atomic E-state index is 10.9. The molecule has 0 spiro atoms. The van der Waals surface area contributed by atoms with E-state index in [-0.39, 0.29) is 11.2 Å². The van der Waals surface area contributed by atoms with Crippen LogP contribution in [0.2, 0.25) is 0 Å². The molecule has 1 unspecified atom stereocenters. The van der Waals surface area contributed by atoms with Gasteiger partial charge in [0.05, 0.1) is 30.4 Å². The SMILES string of the molecule is COc1cnc([C@@H](C)[C@H](C)S(=O)O)cn1. The van der Waals surface area contributed by atoms with E-state index in [9.17, 15) is 4.21 Å². The van der Waals surface area contributed by atoms with Crippen molar-refractivity contribution >= 4 is 11.1 Å². The number of hydrogen-bond donors (Lipinski definition) is 1.